The summed E-state index contributed by atoms with van der Waals surface area (Å²) in [6, 6.07) is 13.2. The first-order valence-corrected chi connectivity index (χ1v) is 6.77. The minimum Gasteiger partial charge on any atom is -0.322 e. The second-order valence-electron chi connectivity index (χ2n) is 4.92. The number of nitrogens with two attached hydrogens (primary N) is 1. The molecule has 2 rings (SSSR count). The Hall–Kier alpha value is -2.57. The lowest BCUT2D eigenvalue weighted by Crippen LogP contribution is -2.12. The summed E-state index contributed by atoms with van der Waals surface area (Å²) in [6.45, 7) is 4.28. The predicted molar refractivity (Wildman–Crippen MR) is 86.2 cm³/mol. The number of hydrogen-bond donors (Lipinski definition) is 2. The number of anilines is 1. The Morgan fingerprint density at radius 2 is 1.86 bits per heavy atom. The van der Waals surface area contributed by atoms with Gasteiger partial charge in [0.25, 0.3) is 5.91 Å². The molecule has 106 valence electrons. The third-order valence-electron chi connectivity index (χ3n) is 2.94. The van der Waals surface area contributed by atoms with Crippen LogP contribution in [0.2, 0.25) is 0 Å². The Balaban J connectivity index is 2.19. The summed E-state index contributed by atoms with van der Waals surface area (Å²) >= 11 is 0. The van der Waals surface area contributed by atoms with Crippen molar-refractivity contribution in [2.24, 2.45) is 5.73 Å². The van der Waals surface area contributed by atoms with Gasteiger partial charge in [0.2, 0.25) is 0 Å². The van der Waals surface area contributed by atoms with Gasteiger partial charge in [0.15, 0.2) is 0 Å². The molecular formula is C18H18N2O. The fourth-order valence-electron chi connectivity index (χ4n) is 2.14. The standard InChI is InChI=1S/C18H18N2O/c1-13-9-14(2)11-16(10-13)18(21)20-17-7-3-5-15(12-17)6-4-8-19/h3,5,7,9-12H,8,19H2,1-2H3,(H,20,21). The van der Waals surface area contributed by atoms with Crippen molar-refractivity contribution in [2.75, 3.05) is 11.9 Å². The third kappa shape index (κ3) is 4.20. The molecule has 3 heteroatoms. The molecule has 0 bridgehead atoms. The van der Waals surface area contributed by atoms with Gasteiger partial charge in [-0.2, -0.15) is 0 Å². The Labute approximate surface area is 125 Å². The number of amides is 1. The normalized spacial score (nSPS) is 9.67. The van der Waals surface area contributed by atoms with Crippen molar-refractivity contribution in [3.05, 3.63) is 64.7 Å². The molecule has 0 saturated heterocycles. The van der Waals surface area contributed by atoms with Gasteiger partial charge < -0.3 is 11.1 Å². The molecule has 0 aromatic heterocycles. The smallest absolute Gasteiger partial charge is 0.255 e. The van der Waals surface area contributed by atoms with Crippen LogP contribution in [0.4, 0.5) is 5.69 Å². The number of carbonyl (C=O) groups excluding carboxylic acids is 1. The van der Waals surface area contributed by atoms with Crippen molar-refractivity contribution in [1.82, 2.24) is 0 Å². The number of hydrogen-bond acceptors (Lipinski definition) is 2. The quantitative estimate of drug-likeness (QED) is 0.830. The van der Waals surface area contributed by atoms with Gasteiger partial charge in [-0.15, -0.1) is 0 Å². The summed E-state index contributed by atoms with van der Waals surface area (Å²) in [5.74, 6) is 5.63. The summed E-state index contributed by atoms with van der Waals surface area (Å²) in [4.78, 5) is 12.3. The highest BCUT2D eigenvalue weighted by molar-refractivity contribution is 6.04. The molecule has 3 nitrogen and oxygen atoms in total. The molecule has 0 fully saturated rings. The predicted octanol–water partition coefficient (Wildman–Crippen LogP) is 2.87. The van der Waals surface area contributed by atoms with Gasteiger partial charge in [-0.05, 0) is 44.2 Å². The lowest BCUT2D eigenvalue weighted by atomic mass is 10.1. The van der Waals surface area contributed by atoms with Crippen molar-refractivity contribution >= 4 is 11.6 Å². The monoisotopic (exact) mass is 278 g/mol. The zero-order chi connectivity index (χ0) is 15.2. The summed E-state index contributed by atoms with van der Waals surface area (Å²) < 4.78 is 0. The van der Waals surface area contributed by atoms with Crippen LogP contribution < -0.4 is 11.1 Å². The fraction of sp³-hybridized carbons (Fsp3) is 0.167. The van der Waals surface area contributed by atoms with E-state index in [1.807, 2.05) is 56.3 Å². The van der Waals surface area contributed by atoms with E-state index < -0.39 is 0 Å². The average Bonchev–Trinajstić information content (AvgIpc) is 2.44. The lowest BCUT2D eigenvalue weighted by molar-refractivity contribution is 0.102. The van der Waals surface area contributed by atoms with E-state index in [1.165, 1.54) is 0 Å². The largest absolute Gasteiger partial charge is 0.322 e. The minimum absolute atomic E-state index is 0.120. The molecule has 3 N–H and O–H groups in total. The van der Waals surface area contributed by atoms with Gasteiger partial charge >= 0.3 is 0 Å². The second-order valence-corrected chi connectivity index (χ2v) is 4.92. The highest BCUT2D eigenvalue weighted by Crippen LogP contribution is 2.14. The summed E-state index contributed by atoms with van der Waals surface area (Å²) in [6.07, 6.45) is 0. The molecule has 0 heterocycles. The molecule has 21 heavy (non-hydrogen) atoms. The van der Waals surface area contributed by atoms with Gasteiger partial charge in [-0.1, -0.05) is 35.1 Å². The fourth-order valence-corrected chi connectivity index (χ4v) is 2.14. The Morgan fingerprint density at radius 1 is 1.14 bits per heavy atom. The summed E-state index contributed by atoms with van der Waals surface area (Å²) in [5, 5.41) is 2.89. The molecule has 0 atom stereocenters. The zero-order valence-corrected chi connectivity index (χ0v) is 12.2. The molecule has 0 aliphatic rings. The van der Waals surface area contributed by atoms with Gasteiger partial charge in [0.1, 0.15) is 0 Å². The van der Waals surface area contributed by atoms with Crippen LogP contribution in [0.25, 0.3) is 0 Å². The molecule has 0 aliphatic heterocycles. The summed E-state index contributed by atoms with van der Waals surface area (Å²) in [5.41, 5.74) is 9.72. The van der Waals surface area contributed by atoms with Gasteiger partial charge in [-0.25, -0.2) is 0 Å². The molecule has 0 aliphatic carbocycles. The van der Waals surface area contributed by atoms with Crippen LogP contribution in [-0.4, -0.2) is 12.5 Å². The van der Waals surface area contributed by atoms with Gasteiger partial charge in [0.05, 0.1) is 6.54 Å². The number of rotatable bonds is 2. The van der Waals surface area contributed by atoms with Gasteiger partial charge in [-0.3, -0.25) is 4.79 Å². The average molecular weight is 278 g/mol. The summed E-state index contributed by atoms with van der Waals surface area (Å²) in [7, 11) is 0. The van der Waals surface area contributed by atoms with E-state index in [2.05, 4.69) is 17.2 Å². The van der Waals surface area contributed by atoms with Crippen molar-refractivity contribution in [3.8, 4) is 11.8 Å². The van der Waals surface area contributed by atoms with Crippen LogP contribution in [0.5, 0.6) is 0 Å². The number of benzene rings is 2. The van der Waals surface area contributed by atoms with Crippen molar-refractivity contribution < 1.29 is 4.79 Å². The maximum atomic E-state index is 12.3. The van der Waals surface area contributed by atoms with Crippen molar-refractivity contribution in [1.29, 1.82) is 0 Å². The molecule has 0 spiro atoms. The number of carbonyl (C=O) groups is 1. The van der Waals surface area contributed by atoms with Crippen LogP contribution in [-0.2, 0) is 0 Å². The third-order valence-corrected chi connectivity index (χ3v) is 2.94. The van der Waals surface area contributed by atoms with E-state index in [1.54, 1.807) is 0 Å². The molecule has 0 saturated carbocycles. The van der Waals surface area contributed by atoms with Crippen molar-refractivity contribution in [2.45, 2.75) is 13.8 Å². The number of aryl methyl sites for hydroxylation is 2. The van der Waals surface area contributed by atoms with Crippen LogP contribution in [0.3, 0.4) is 0 Å². The van der Waals surface area contributed by atoms with Crippen molar-refractivity contribution in [3.63, 3.8) is 0 Å². The maximum Gasteiger partial charge on any atom is 0.255 e. The highest BCUT2D eigenvalue weighted by Gasteiger charge is 2.07. The first kappa shape index (κ1) is 14.8. The first-order valence-electron chi connectivity index (χ1n) is 6.77. The molecule has 0 unspecified atom stereocenters. The molecule has 2 aromatic carbocycles. The zero-order valence-electron chi connectivity index (χ0n) is 12.2. The highest BCUT2D eigenvalue weighted by atomic mass is 16.1. The Bertz CT molecular complexity index is 703. The van der Waals surface area contributed by atoms with E-state index in [-0.39, 0.29) is 5.91 Å². The lowest BCUT2D eigenvalue weighted by Gasteiger charge is -2.07. The SMILES string of the molecule is Cc1cc(C)cc(C(=O)Nc2cccc(C#CCN)c2)c1. The first-order chi connectivity index (χ1) is 10.1. The van der Waals surface area contributed by atoms with Crippen LogP contribution in [0, 0.1) is 25.7 Å². The number of nitrogens with one attached hydrogen (secondary N) is 1. The Morgan fingerprint density at radius 3 is 2.52 bits per heavy atom. The maximum absolute atomic E-state index is 12.3. The van der Waals surface area contributed by atoms with Crippen LogP contribution in [0.15, 0.2) is 42.5 Å². The second kappa shape index (κ2) is 6.74. The van der Waals surface area contributed by atoms with Gasteiger partial charge in [0, 0.05) is 16.8 Å². The topological polar surface area (TPSA) is 55.1 Å². The van der Waals surface area contributed by atoms with E-state index in [0.717, 1.165) is 22.4 Å². The minimum atomic E-state index is -0.120. The Kier molecular flexibility index (Phi) is 4.76. The molecule has 0 radical (unpaired) electrons. The van der Waals surface area contributed by atoms with E-state index in [9.17, 15) is 4.79 Å². The molecule has 1 amide bonds. The van der Waals surface area contributed by atoms with Crippen LogP contribution >= 0.6 is 0 Å². The van der Waals surface area contributed by atoms with E-state index in [0.29, 0.717) is 12.1 Å². The van der Waals surface area contributed by atoms with E-state index in [4.69, 9.17) is 5.73 Å². The molecular weight excluding hydrogens is 260 g/mol. The van der Waals surface area contributed by atoms with Crippen LogP contribution in [0.1, 0.15) is 27.0 Å². The van der Waals surface area contributed by atoms with E-state index >= 15 is 0 Å². The molecule has 2 aromatic rings.